The Hall–Kier alpha value is -1.63. The molecule has 1 atom stereocenters. The minimum absolute atomic E-state index is 0.194. The molecule has 2 rings (SSSR count). The molecule has 0 bridgehead atoms. The van der Waals surface area contributed by atoms with Gasteiger partial charge in [-0.05, 0) is 47.0 Å². The van der Waals surface area contributed by atoms with Crippen molar-refractivity contribution in [3.63, 3.8) is 0 Å². The molecule has 108 valence electrons. The van der Waals surface area contributed by atoms with Crippen molar-refractivity contribution < 1.29 is 19.1 Å². The largest absolute Gasteiger partial charge is 0.481 e. The van der Waals surface area contributed by atoms with Gasteiger partial charge in [-0.2, -0.15) is 0 Å². The number of carbonyl (C=O) groups is 2. The molecule has 0 spiro atoms. The van der Waals surface area contributed by atoms with Crippen LogP contribution in [0, 0.1) is 11.7 Å². The van der Waals surface area contributed by atoms with Gasteiger partial charge in [-0.15, -0.1) is 0 Å². The number of carboxylic acid groups (broad SMARTS) is 1. The molecule has 1 saturated heterocycles. The molecule has 0 saturated carbocycles. The molecule has 0 radical (unpaired) electrons. The number of likely N-dealkylation sites (tertiary alicyclic amines) is 1. The highest BCUT2D eigenvalue weighted by Gasteiger charge is 2.28. The molecule has 0 aromatic heterocycles. The fourth-order valence-electron chi connectivity index (χ4n) is 2.15. The van der Waals surface area contributed by atoms with E-state index in [4.69, 9.17) is 5.11 Å². The maximum atomic E-state index is 13.0. The van der Waals surface area contributed by atoms with Gasteiger partial charge >= 0.3 is 12.0 Å². The van der Waals surface area contributed by atoms with E-state index in [9.17, 15) is 14.0 Å². The predicted octanol–water partition coefficient (Wildman–Crippen LogP) is 2.92. The molecule has 1 aromatic carbocycles. The summed E-state index contributed by atoms with van der Waals surface area (Å²) in [5.74, 6) is -1.81. The van der Waals surface area contributed by atoms with Crippen LogP contribution in [-0.2, 0) is 4.79 Å². The second-order valence-corrected chi connectivity index (χ2v) is 5.53. The van der Waals surface area contributed by atoms with Crippen molar-refractivity contribution in [3.05, 3.63) is 28.5 Å². The van der Waals surface area contributed by atoms with Gasteiger partial charge in [-0.3, -0.25) is 4.79 Å². The van der Waals surface area contributed by atoms with Crippen LogP contribution in [0.5, 0.6) is 0 Å². The van der Waals surface area contributed by atoms with Gasteiger partial charge in [0.05, 0.1) is 11.6 Å². The number of urea groups is 1. The molecule has 7 heteroatoms. The van der Waals surface area contributed by atoms with Gasteiger partial charge in [0.1, 0.15) is 5.82 Å². The molecular weight excluding hydrogens is 331 g/mol. The highest BCUT2D eigenvalue weighted by atomic mass is 79.9. The minimum Gasteiger partial charge on any atom is -0.481 e. The first-order chi connectivity index (χ1) is 9.47. The molecule has 1 aliphatic heterocycles. The summed E-state index contributed by atoms with van der Waals surface area (Å²) in [5.41, 5.74) is 0.453. The number of benzene rings is 1. The number of amides is 2. The highest BCUT2D eigenvalue weighted by Crippen LogP contribution is 2.24. The molecule has 2 N–H and O–H groups in total. The number of hydrogen-bond donors (Lipinski definition) is 2. The Morgan fingerprint density at radius 2 is 2.20 bits per heavy atom. The molecule has 0 aliphatic carbocycles. The van der Waals surface area contributed by atoms with E-state index in [1.165, 1.54) is 23.1 Å². The third-order valence-electron chi connectivity index (χ3n) is 3.23. The van der Waals surface area contributed by atoms with Crippen LogP contribution >= 0.6 is 15.9 Å². The summed E-state index contributed by atoms with van der Waals surface area (Å²) in [5, 5.41) is 11.6. The Morgan fingerprint density at radius 1 is 1.45 bits per heavy atom. The van der Waals surface area contributed by atoms with E-state index in [2.05, 4.69) is 21.2 Å². The van der Waals surface area contributed by atoms with Crippen LogP contribution in [0.1, 0.15) is 12.8 Å². The van der Waals surface area contributed by atoms with Crippen molar-refractivity contribution >= 4 is 33.6 Å². The van der Waals surface area contributed by atoms with Gasteiger partial charge in [-0.1, -0.05) is 0 Å². The number of nitrogens with one attached hydrogen (secondary N) is 1. The second kappa shape index (κ2) is 6.21. The van der Waals surface area contributed by atoms with E-state index in [-0.39, 0.29) is 12.6 Å². The van der Waals surface area contributed by atoms with Crippen molar-refractivity contribution in [3.8, 4) is 0 Å². The van der Waals surface area contributed by atoms with E-state index >= 15 is 0 Å². The van der Waals surface area contributed by atoms with Crippen LogP contribution in [0.3, 0.4) is 0 Å². The number of piperidine rings is 1. The SMILES string of the molecule is O=C(O)[C@H]1CCCN(C(=O)Nc2ccc(F)cc2Br)C1. The van der Waals surface area contributed by atoms with E-state index in [1.54, 1.807) is 0 Å². The van der Waals surface area contributed by atoms with Crippen molar-refractivity contribution in [1.29, 1.82) is 0 Å². The average Bonchev–Trinajstić information content (AvgIpc) is 2.42. The van der Waals surface area contributed by atoms with Gasteiger partial charge in [-0.25, -0.2) is 9.18 Å². The first-order valence-electron chi connectivity index (χ1n) is 6.21. The molecule has 1 heterocycles. The summed E-state index contributed by atoms with van der Waals surface area (Å²) in [6.45, 7) is 0.717. The van der Waals surface area contributed by atoms with Crippen LogP contribution in [-0.4, -0.2) is 35.1 Å². The maximum absolute atomic E-state index is 13.0. The number of carboxylic acids is 1. The topological polar surface area (TPSA) is 69.6 Å². The number of aliphatic carboxylic acids is 1. The van der Waals surface area contributed by atoms with Crippen LogP contribution in [0.4, 0.5) is 14.9 Å². The number of halogens is 2. The molecule has 1 aliphatic rings. The Balaban J connectivity index is 2.02. The van der Waals surface area contributed by atoms with Crippen LogP contribution in [0.2, 0.25) is 0 Å². The quantitative estimate of drug-likeness (QED) is 0.866. The van der Waals surface area contributed by atoms with Crippen LogP contribution in [0.25, 0.3) is 0 Å². The minimum atomic E-state index is -0.884. The smallest absolute Gasteiger partial charge is 0.321 e. The van der Waals surface area contributed by atoms with Gasteiger partial charge in [0.15, 0.2) is 0 Å². The monoisotopic (exact) mass is 344 g/mol. The molecule has 5 nitrogen and oxygen atoms in total. The first-order valence-corrected chi connectivity index (χ1v) is 7.00. The van der Waals surface area contributed by atoms with Gasteiger partial charge in [0, 0.05) is 17.6 Å². The lowest BCUT2D eigenvalue weighted by atomic mass is 9.99. The maximum Gasteiger partial charge on any atom is 0.321 e. The lowest BCUT2D eigenvalue weighted by molar-refractivity contribution is -0.143. The molecule has 2 amide bonds. The zero-order valence-corrected chi connectivity index (χ0v) is 12.2. The summed E-state index contributed by atoms with van der Waals surface area (Å²) < 4.78 is 13.4. The lowest BCUT2D eigenvalue weighted by Gasteiger charge is -2.30. The lowest BCUT2D eigenvalue weighted by Crippen LogP contribution is -2.44. The summed E-state index contributed by atoms with van der Waals surface area (Å²) in [6, 6.07) is 3.58. The number of rotatable bonds is 2. The number of anilines is 1. The fourth-order valence-corrected chi connectivity index (χ4v) is 2.60. The Morgan fingerprint density at radius 3 is 2.85 bits per heavy atom. The van der Waals surface area contributed by atoms with E-state index < -0.39 is 17.7 Å². The summed E-state index contributed by atoms with van der Waals surface area (Å²) in [7, 11) is 0. The highest BCUT2D eigenvalue weighted by molar-refractivity contribution is 9.10. The van der Waals surface area contributed by atoms with Crippen molar-refractivity contribution in [2.75, 3.05) is 18.4 Å². The Kier molecular flexibility index (Phi) is 4.59. The number of nitrogens with zero attached hydrogens (tertiary/aromatic N) is 1. The molecule has 1 fully saturated rings. The van der Waals surface area contributed by atoms with Gasteiger partial charge < -0.3 is 15.3 Å². The van der Waals surface area contributed by atoms with Crippen LogP contribution < -0.4 is 5.32 Å². The van der Waals surface area contributed by atoms with Crippen molar-refractivity contribution in [1.82, 2.24) is 4.90 Å². The summed E-state index contributed by atoms with van der Waals surface area (Å²) in [6.07, 6.45) is 1.24. The first kappa shape index (κ1) is 14.8. The number of hydrogen-bond acceptors (Lipinski definition) is 2. The second-order valence-electron chi connectivity index (χ2n) is 4.68. The zero-order valence-electron chi connectivity index (χ0n) is 10.6. The van der Waals surface area contributed by atoms with E-state index in [1.807, 2.05) is 0 Å². The summed E-state index contributed by atoms with van der Waals surface area (Å²) in [4.78, 5) is 24.5. The van der Waals surface area contributed by atoms with Gasteiger partial charge in [0.2, 0.25) is 0 Å². The van der Waals surface area contributed by atoms with E-state index in [0.29, 0.717) is 29.5 Å². The molecule has 1 aromatic rings. The predicted molar refractivity (Wildman–Crippen MR) is 75.1 cm³/mol. The van der Waals surface area contributed by atoms with Crippen molar-refractivity contribution in [2.45, 2.75) is 12.8 Å². The standard InChI is InChI=1S/C13H14BrFN2O3/c14-10-6-9(15)3-4-11(10)16-13(20)17-5-1-2-8(7-17)12(18)19/h3-4,6,8H,1-2,5,7H2,(H,16,20)(H,18,19)/t8-/m0/s1. The van der Waals surface area contributed by atoms with Gasteiger partial charge in [0.25, 0.3) is 0 Å². The molecule has 20 heavy (non-hydrogen) atoms. The zero-order chi connectivity index (χ0) is 14.7. The fraction of sp³-hybridized carbons (Fsp3) is 0.385. The normalized spacial score (nSPS) is 18.7. The third-order valence-corrected chi connectivity index (χ3v) is 3.89. The van der Waals surface area contributed by atoms with Crippen LogP contribution in [0.15, 0.2) is 22.7 Å². The molecule has 0 unspecified atom stereocenters. The average molecular weight is 345 g/mol. The Labute approximate surface area is 123 Å². The molecular formula is C13H14BrFN2O3. The third kappa shape index (κ3) is 3.47. The van der Waals surface area contributed by atoms with Crippen molar-refractivity contribution in [2.24, 2.45) is 5.92 Å². The summed E-state index contributed by atoms with van der Waals surface area (Å²) >= 11 is 3.17. The van der Waals surface area contributed by atoms with E-state index in [0.717, 1.165) is 0 Å². The number of carbonyl (C=O) groups excluding carboxylic acids is 1. The Bertz CT molecular complexity index is 538.